The molecule has 0 spiro atoms. The van der Waals surface area contributed by atoms with Crippen LogP contribution in [-0.2, 0) is 13.0 Å². The zero-order chi connectivity index (χ0) is 24.5. The second-order valence-corrected chi connectivity index (χ2v) is 9.38. The quantitative estimate of drug-likeness (QED) is 0.340. The first kappa shape index (κ1) is 25.3. The molecule has 6 heteroatoms. The average Bonchev–Trinajstić information content (AvgIpc) is 3.23. The van der Waals surface area contributed by atoms with Crippen LogP contribution >= 0.6 is 0 Å². The number of hydrogen-bond acceptors (Lipinski definition) is 5. The molecule has 0 unspecified atom stereocenters. The number of nitrogens with zero attached hydrogens (tertiary/aromatic N) is 4. The summed E-state index contributed by atoms with van der Waals surface area (Å²) in [5, 5.41) is 0. The molecule has 1 aliphatic heterocycles. The molecule has 1 saturated heterocycles. The molecule has 0 atom stereocenters. The lowest BCUT2D eigenvalue weighted by Gasteiger charge is -2.32. The molecular weight excluding hydrogens is 436 g/mol. The molecule has 1 fully saturated rings. The third kappa shape index (κ3) is 6.86. The Hall–Kier alpha value is -2.83. The van der Waals surface area contributed by atoms with Crippen LogP contribution in [0.2, 0.25) is 0 Å². The number of aromatic nitrogens is 2. The van der Waals surface area contributed by atoms with Crippen LogP contribution in [0.5, 0.6) is 11.5 Å². The molecule has 1 aliphatic rings. The number of benzene rings is 2. The molecule has 0 N–H and O–H groups in total. The van der Waals surface area contributed by atoms with E-state index >= 15 is 0 Å². The summed E-state index contributed by atoms with van der Waals surface area (Å²) in [6.45, 7) is 9.50. The van der Waals surface area contributed by atoms with Crippen molar-refractivity contribution in [1.29, 1.82) is 0 Å². The zero-order valence-corrected chi connectivity index (χ0v) is 21.6. The topological polar surface area (TPSA) is 42.8 Å². The molecule has 0 aliphatic carbocycles. The highest BCUT2D eigenvalue weighted by molar-refractivity contribution is 5.75. The van der Waals surface area contributed by atoms with Crippen LogP contribution in [0.25, 0.3) is 17.1 Å². The van der Waals surface area contributed by atoms with Crippen LogP contribution in [0.4, 0.5) is 0 Å². The van der Waals surface area contributed by atoms with Crippen LogP contribution in [0.15, 0.2) is 48.5 Å². The average molecular weight is 477 g/mol. The van der Waals surface area contributed by atoms with E-state index in [2.05, 4.69) is 57.8 Å². The minimum atomic E-state index is 0.671. The highest BCUT2D eigenvalue weighted by Gasteiger charge is 2.15. The highest BCUT2D eigenvalue weighted by atomic mass is 16.5. The van der Waals surface area contributed by atoms with Crippen molar-refractivity contribution in [2.24, 2.45) is 0 Å². The molecule has 188 valence electrons. The van der Waals surface area contributed by atoms with Gasteiger partial charge in [0, 0.05) is 39.1 Å². The number of unbranched alkanes of at least 4 members (excludes halogenated alkanes) is 1. The molecule has 0 bridgehead atoms. The monoisotopic (exact) mass is 476 g/mol. The first-order chi connectivity index (χ1) is 17.2. The van der Waals surface area contributed by atoms with E-state index in [1.807, 2.05) is 25.1 Å². The number of ether oxygens (including phenoxy) is 2. The maximum atomic E-state index is 6.06. The van der Waals surface area contributed by atoms with Crippen LogP contribution < -0.4 is 9.47 Å². The lowest BCUT2D eigenvalue weighted by molar-refractivity contribution is 0.152. The fourth-order valence-corrected chi connectivity index (χ4v) is 4.75. The summed E-state index contributed by atoms with van der Waals surface area (Å²) in [6, 6.07) is 14.6. The van der Waals surface area contributed by atoms with E-state index in [-0.39, 0.29) is 0 Å². The van der Waals surface area contributed by atoms with Gasteiger partial charge in [-0.05, 0) is 69.6 Å². The van der Waals surface area contributed by atoms with Crippen LogP contribution in [-0.4, -0.2) is 72.8 Å². The molecule has 6 nitrogen and oxygen atoms in total. The summed E-state index contributed by atoms with van der Waals surface area (Å²) in [6.07, 6.45) is 8.28. The zero-order valence-electron chi connectivity index (χ0n) is 21.6. The van der Waals surface area contributed by atoms with Crippen molar-refractivity contribution in [3.63, 3.8) is 0 Å². The fraction of sp³-hybridized carbons (Fsp3) is 0.483. The van der Waals surface area contributed by atoms with Crippen LogP contribution in [0.1, 0.15) is 37.6 Å². The van der Waals surface area contributed by atoms with Gasteiger partial charge in [-0.3, -0.25) is 0 Å². The third-order valence-electron chi connectivity index (χ3n) is 6.78. The summed E-state index contributed by atoms with van der Waals surface area (Å²) in [5.41, 5.74) is 3.46. The Morgan fingerprint density at radius 3 is 2.57 bits per heavy atom. The summed E-state index contributed by atoms with van der Waals surface area (Å²) >= 11 is 0. The Kier molecular flexibility index (Phi) is 9.21. The van der Waals surface area contributed by atoms with Gasteiger partial charge in [-0.1, -0.05) is 30.4 Å². The van der Waals surface area contributed by atoms with E-state index in [4.69, 9.17) is 14.5 Å². The molecular formula is C29H40N4O2. The maximum Gasteiger partial charge on any atom is 0.161 e. The van der Waals surface area contributed by atoms with Gasteiger partial charge >= 0.3 is 0 Å². The molecule has 0 amide bonds. The van der Waals surface area contributed by atoms with Gasteiger partial charge in [-0.25, -0.2) is 4.98 Å². The van der Waals surface area contributed by atoms with Crippen molar-refractivity contribution in [3.8, 4) is 11.5 Å². The predicted octanol–water partition coefficient (Wildman–Crippen LogP) is 5.12. The van der Waals surface area contributed by atoms with E-state index < -0.39 is 0 Å². The molecule has 35 heavy (non-hydrogen) atoms. The van der Waals surface area contributed by atoms with E-state index in [0.29, 0.717) is 6.61 Å². The Labute approximate surface area is 210 Å². The number of aryl methyl sites for hydroxylation is 2. The second kappa shape index (κ2) is 12.8. The Morgan fingerprint density at radius 2 is 1.77 bits per heavy atom. The van der Waals surface area contributed by atoms with E-state index in [9.17, 15) is 0 Å². The molecule has 0 saturated carbocycles. The predicted molar refractivity (Wildman–Crippen MR) is 144 cm³/mol. The SMILES string of the molecule is C/C=C/c1ccc(OCCCCn2c(CCCN3CCN(C)CC3)nc3ccccc32)c(OC)c1. The van der Waals surface area contributed by atoms with Crippen LogP contribution in [0, 0.1) is 0 Å². The number of fused-ring (bicyclic) bond motifs is 1. The van der Waals surface area contributed by atoms with Gasteiger partial charge in [0.2, 0.25) is 0 Å². The minimum absolute atomic E-state index is 0.671. The summed E-state index contributed by atoms with van der Waals surface area (Å²) < 4.78 is 14.0. The number of rotatable bonds is 12. The normalized spacial score (nSPS) is 15.3. The van der Waals surface area contributed by atoms with Gasteiger partial charge in [-0.2, -0.15) is 0 Å². The Morgan fingerprint density at radius 1 is 0.943 bits per heavy atom. The van der Waals surface area contributed by atoms with Crippen molar-refractivity contribution in [2.75, 3.05) is 53.5 Å². The molecule has 2 aromatic carbocycles. The molecule has 3 aromatic rings. The number of allylic oxidation sites excluding steroid dienone is 1. The highest BCUT2D eigenvalue weighted by Crippen LogP contribution is 2.29. The summed E-state index contributed by atoms with van der Waals surface area (Å²) in [5.74, 6) is 2.80. The Bertz CT molecular complexity index is 1100. The van der Waals surface area contributed by atoms with Crippen molar-refractivity contribution in [3.05, 3.63) is 59.9 Å². The van der Waals surface area contributed by atoms with Crippen molar-refractivity contribution in [2.45, 2.75) is 39.2 Å². The maximum absolute atomic E-state index is 6.06. The lowest BCUT2D eigenvalue weighted by atomic mass is 10.2. The fourth-order valence-electron chi connectivity index (χ4n) is 4.75. The number of methoxy groups -OCH3 is 1. The lowest BCUT2D eigenvalue weighted by Crippen LogP contribution is -2.44. The van der Waals surface area contributed by atoms with Gasteiger partial charge in [0.1, 0.15) is 5.82 Å². The third-order valence-corrected chi connectivity index (χ3v) is 6.78. The molecule has 0 radical (unpaired) electrons. The first-order valence-corrected chi connectivity index (χ1v) is 13.0. The van der Waals surface area contributed by atoms with E-state index in [1.165, 1.54) is 37.5 Å². The standard InChI is InChI=1S/C29H40N4O2/c1-4-10-24-14-15-27(28(23-24)34-3)35-22-8-7-17-33-26-12-6-5-11-25(26)30-29(33)13-9-16-32-20-18-31(2)19-21-32/h4-6,10-12,14-15,23H,7-9,13,16-22H2,1-3H3/b10-4+. The first-order valence-electron chi connectivity index (χ1n) is 13.0. The number of likely N-dealkylation sites (N-methyl/N-ethyl adjacent to an activating group) is 1. The Balaban J connectivity index is 1.30. The minimum Gasteiger partial charge on any atom is -0.493 e. The number of para-hydroxylation sites is 2. The second-order valence-electron chi connectivity index (χ2n) is 9.38. The van der Waals surface area contributed by atoms with Gasteiger partial charge in [0.25, 0.3) is 0 Å². The molecule has 1 aromatic heterocycles. The van der Waals surface area contributed by atoms with E-state index in [1.54, 1.807) is 7.11 Å². The smallest absolute Gasteiger partial charge is 0.161 e. The molecule has 2 heterocycles. The number of hydrogen-bond donors (Lipinski definition) is 0. The van der Waals surface area contributed by atoms with Gasteiger partial charge in [-0.15, -0.1) is 0 Å². The van der Waals surface area contributed by atoms with Gasteiger partial charge in [0.05, 0.1) is 24.8 Å². The number of imidazole rings is 1. The van der Waals surface area contributed by atoms with Crippen molar-refractivity contribution >= 4 is 17.1 Å². The van der Waals surface area contributed by atoms with Gasteiger partial charge in [0.15, 0.2) is 11.5 Å². The van der Waals surface area contributed by atoms with Crippen molar-refractivity contribution < 1.29 is 9.47 Å². The number of piperazine rings is 1. The summed E-state index contributed by atoms with van der Waals surface area (Å²) in [7, 11) is 3.90. The van der Waals surface area contributed by atoms with E-state index in [0.717, 1.165) is 61.4 Å². The summed E-state index contributed by atoms with van der Waals surface area (Å²) in [4.78, 5) is 9.98. The van der Waals surface area contributed by atoms with Crippen molar-refractivity contribution in [1.82, 2.24) is 19.4 Å². The van der Waals surface area contributed by atoms with Gasteiger partial charge < -0.3 is 23.8 Å². The van der Waals surface area contributed by atoms with Crippen LogP contribution in [0.3, 0.4) is 0 Å². The molecule has 4 rings (SSSR count). The largest absolute Gasteiger partial charge is 0.493 e.